The lowest BCUT2D eigenvalue weighted by Gasteiger charge is -2.10. The zero-order valence-electron chi connectivity index (χ0n) is 11.1. The molecular formula is C15H13ClN2O3. The molecule has 1 unspecified atom stereocenters. The number of aromatic nitrogens is 1. The molecule has 6 heteroatoms. The first-order valence-electron chi connectivity index (χ1n) is 6.64. The zero-order chi connectivity index (χ0) is 14.8. The fraction of sp³-hybridized carbons (Fsp3) is 0.267. The van der Waals surface area contributed by atoms with E-state index >= 15 is 0 Å². The second kappa shape index (κ2) is 5.69. The van der Waals surface area contributed by atoms with Gasteiger partial charge in [-0.25, -0.2) is 9.78 Å². The van der Waals surface area contributed by atoms with Gasteiger partial charge in [-0.3, -0.25) is 4.79 Å². The van der Waals surface area contributed by atoms with E-state index in [9.17, 15) is 9.59 Å². The first-order chi connectivity index (χ1) is 10.1. The molecule has 0 bridgehead atoms. The molecule has 0 aliphatic carbocycles. The smallest absolute Gasteiger partial charge is 0.357 e. The summed E-state index contributed by atoms with van der Waals surface area (Å²) in [7, 11) is 0. The average Bonchev–Trinajstić information content (AvgIpc) is 2.89. The second-order valence-electron chi connectivity index (χ2n) is 4.94. The first kappa shape index (κ1) is 13.8. The van der Waals surface area contributed by atoms with Gasteiger partial charge in [0.25, 0.3) is 0 Å². The van der Waals surface area contributed by atoms with Crippen LogP contribution in [0, 0.1) is 0 Å². The van der Waals surface area contributed by atoms with E-state index in [2.05, 4.69) is 10.3 Å². The Morgan fingerprint density at radius 1 is 1.38 bits per heavy atom. The third kappa shape index (κ3) is 3.13. The van der Waals surface area contributed by atoms with E-state index in [-0.39, 0.29) is 24.2 Å². The topological polar surface area (TPSA) is 68.3 Å². The summed E-state index contributed by atoms with van der Waals surface area (Å²) in [4.78, 5) is 27.3. The van der Waals surface area contributed by atoms with Gasteiger partial charge in [0, 0.05) is 16.8 Å². The summed E-state index contributed by atoms with van der Waals surface area (Å²) in [6.45, 7) is 0.167. The lowest BCUT2D eigenvalue weighted by Crippen LogP contribution is -2.30. The molecule has 1 aliphatic rings. The number of fused-ring (bicyclic) bond motifs is 1. The van der Waals surface area contributed by atoms with Crippen molar-refractivity contribution in [2.45, 2.75) is 18.9 Å². The maximum Gasteiger partial charge on any atom is 0.357 e. The van der Waals surface area contributed by atoms with Gasteiger partial charge in [0.05, 0.1) is 11.6 Å². The summed E-state index contributed by atoms with van der Waals surface area (Å²) in [6, 6.07) is 8.63. The van der Waals surface area contributed by atoms with Gasteiger partial charge in [-0.1, -0.05) is 23.7 Å². The predicted molar refractivity (Wildman–Crippen MR) is 78.2 cm³/mol. The van der Waals surface area contributed by atoms with Crippen molar-refractivity contribution >= 4 is 34.4 Å². The number of amides is 1. The largest absolute Gasteiger partial charge is 0.459 e. The van der Waals surface area contributed by atoms with Crippen LogP contribution in [0.5, 0.6) is 0 Å². The molecule has 1 aromatic heterocycles. The number of pyridine rings is 1. The van der Waals surface area contributed by atoms with Crippen LogP contribution in [0.1, 0.15) is 23.3 Å². The van der Waals surface area contributed by atoms with Crippen molar-refractivity contribution in [1.82, 2.24) is 10.3 Å². The Hall–Kier alpha value is -2.14. The number of nitrogens with zero attached hydrogens (tertiary/aromatic N) is 1. The van der Waals surface area contributed by atoms with Crippen molar-refractivity contribution in [3.05, 3.63) is 41.0 Å². The van der Waals surface area contributed by atoms with Crippen molar-refractivity contribution in [3.63, 3.8) is 0 Å². The SMILES string of the molecule is O=C1CCC(COC(=O)c2ccc3ccc(Cl)cc3n2)N1. The van der Waals surface area contributed by atoms with Gasteiger partial charge in [0.15, 0.2) is 0 Å². The van der Waals surface area contributed by atoms with E-state index in [1.807, 2.05) is 6.07 Å². The maximum atomic E-state index is 12.0. The summed E-state index contributed by atoms with van der Waals surface area (Å²) in [5.41, 5.74) is 0.875. The number of hydrogen-bond donors (Lipinski definition) is 1. The molecule has 1 fully saturated rings. The number of carbonyl (C=O) groups excluding carboxylic acids is 2. The molecule has 1 atom stereocenters. The van der Waals surface area contributed by atoms with Crippen LogP contribution in [0.3, 0.4) is 0 Å². The zero-order valence-corrected chi connectivity index (χ0v) is 11.9. The minimum atomic E-state index is -0.502. The van der Waals surface area contributed by atoms with Crippen LogP contribution in [0.25, 0.3) is 10.9 Å². The molecule has 21 heavy (non-hydrogen) atoms. The third-order valence-electron chi connectivity index (χ3n) is 3.36. The van der Waals surface area contributed by atoms with Crippen molar-refractivity contribution in [3.8, 4) is 0 Å². The lowest BCUT2D eigenvalue weighted by atomic mass is 10.2. The number of esters is 1. The van der Waals surface area contributed by atoms with Gasteiger partial charge in [-0.15, -0.1) is 0 Å². The Labute approximate surface area is 126 Å². The average molecular weight is 305 g/mol. The van der Waals surface area contributed by atoms with Crippen molar-refractivity contribution in [1.29, 1.82) is 0 Å². The molecule has 1 aliphatic heterocycles. The number of nitrogens with one attached hydrogen (secondary N) is 1. The Kier molecular flexibility index (Phi) is 3.75. The fourth-order valence-corrected chi connectivity index (χ4v) is 2.42. The molecular weight excluding hydrogens is 292 g/mol. The fourth-order valence-electron chi connectivity index (χ4n) is 2.26. The van der Waals surface area contributed by atoms with Gasteiger partial charge in [0.2, 0.25) is 5.91 Å². The molecule has 5 nitrogen and oxygen atoms in total. The van der Waals surface area contributed by atoms with E-state index < -0.39 is 5.97 Å². The molecule has 1 amide bonds. The molecule has 1 aromatic carbocycles. The molecule has 1 saturated heterocycles. The van der Waals surface area contributed by atoms with Gasteiger partial charge in [0.1, 0.15) is 12.3 Å². The summed E-state index contributed by atoms with van der Waals surface area (Å²) < 4.78 is 5.19. The van der Waals surface area contributed by atoms with Gasteiger partial charge < -0.3 is 10.1 Å². The van der Waals surface area contributed by atoms with Crippen LogP contribution in [0.4, 0.5) is 0 Å². The van der Waals surface area contributed by atoms with Gasteiger partial charge in [-0.2, -0.15) is 0 Å². The van der Waals surface area contributed by atoms with Crippen LogP contribution >= 0.6 is 11.6 Å². The first-order valence-corrected chi connectivity index (χ1v) is 7.02. The van der Waals surface area contributed by atoms with Gasteiger partial charge in [-0.05, 0) is 24.6 Å². The molecule has 0 spiro atoms. The van der Waals surface area contributed by atoms with Crippen molar-refractivity contribution < 1.29 is 14.3 Å². The summed E-state index contributed by atoms with van der Waals surface area (Å²) in [5.74, 6) is -0.507. The van der Waals surface area contributed by atoms with E-state index in [0.29, 0.717) is 23.4 Å². The van der Waals surface area contributed by atoms with Crippen LogP contribution in [0.15, 0.2) is 30.3 Å². The van der Waals surface area contributed by atoms with Crippen LogP contribution < -0.4 is 5.32 Å². The summed E-state index contributed by atoms with van der Waals surface area (Å²) in [6.07, 6.45) is 1.17. The number of benzene rings is 1. The quantitative estimate of drug-likeness (QED) is 0.884. The minimum absolute atomic E-state index is 0.00507. The number of rotatable bonds is 3. The van der Waals surface area contributed by atoms with Crippen molar-refractivity contribution in [2.75, 3.05) is 6.61 Å². The third-order valence-corrected chi connectivity index (χ3v) is 3.60. The van der Waals surface area contributed by atoms with Crippen molar-refractivity contribution in [2.24, 2.45) is 0 Å². The highest BCUT2D eigenvalue weighted by Gasteiger charge is 2.22. The Balaban J connectivity index is 1.70. The molecule has 0 radical (unpaired) electrons. The molecule has 1 N–H and O–H groups in total. The predicted octanol–water partition coefficient (Wildman–Crippen LogP) is 2.32. The Morgan fingerprint density at radius 2 is 2.19 bits per heavy atom. The number of hydrogen-bond acceptors (Lipinski definition) is 4. The van der Waals surface area contributed by atoms with Crippen LogP contribution in [-0.4, -0.2) is 29.5 Å². The summed E-state index contributed by atoms with van der Waals surface area (Å²) >= 11 is 5.92. The monoisotopic (exact) mass is 304 g/mol. The van der Waals surface area contributed by atoms with E-state index in [1.165, 1.54) is 0 Å². The summed E-state index contributed by atoms with van der Waals surface area (Å²) in [5, 5.41) is 4.21. The van der Waals surface area contributed by atoms with Crippen LogP contribution in [0.2, 0.25) is 5.02 Å². The Morgan fingerprint density at radius 3 is 2.95 bits per heavy atom. The maximum absolute atomic E-state index is 12.0. The highest BCUT2D eigenvalue weighted by Crippen LogP contribution is 2.18. The van der Waals surface area contributed by atoms with Gasteiger partial charge >= 0.3 is 5.97 Å². The number of carbonyl (C=O) groups is 2. The highest BCUT2D eigenvalue weighted by molar-refractivity contribution is 6.31. The second-order valence-corrected chi connectivity index (χ2v) is 5.37. The molecule has 2 aromatic rings. The molecule has 2 heterocycles. The lowest BCUT2D eigenvalue weighted by molar-refractivity contribution is -0.119. The highest BCUT2D eigenvalue weighted by atomic mass is 35.5. The molecule has 0 saturated carbocycles. The van der Waals surface area contributed by atoms with E-state index in [1.54, 1.807) is 24.3 Å². The van der Waals surface area contributed by atoms with E-state index in [0.717, 1.165) is 5.39 Å². The Bertz CT molecular complexity index is 717. The molecule has 108 valence electrons. The normalized spacial score (nSPS) is 17.8. The number of halogens is 1. The number of ether oxygens (including phenoxy) is 1. The minimum Gasteiger partial charge on any atom is -0.459 e. The van der Waals surface area contributed by atoms with Crippen LogP contribution in [-0.2, 0) is 9.53 Å². The van der Waals surface area contributed by atoms with E-state index in [4.69, 9.17) is 16.3 Å². The molecule has 3 rings (SSSR count). The standard InChI is InChI=1S/C15H13ClN2O3/c16-10-3-1-9-2-5-12(18-13(9)7-10)15(20)21-8-11-4-6-14(19)17-11/h1-3,5,7,11H,4,6,8H2,(H,17,19).